The zero-order valence-electron chi connectivity index (χ0n) is 12.6. The molecule has 116 valence electrons. The lowest BCUT2D eigenvalue weighted by molar-refractivity contribution is -0.124. The second-order valence-corrected chi connectivity index (χ2v) is 6.99. The number of hydrogen-bond donors (Lipinski definition) is 1. The highest BCUT2D eigenvalue weighted by atomic mass is 32.1. The Morgan fingerprint density at radius 2 is 1.91 bits per heavy atom. The van der Waals surface area contributed by atoms with Crippen molar-refractivity contribution in [3.63, 3.8) is 0 Å². The molecule has 4 rings (SSSR count). The molecule has 1 aliphatic heterocycles. The molecule has 1 amide bonds. The van der Waals surface area contributed by atoms with E-state index in [-0.39, 0.29) is 11.9 Å². The zero-order valence-corrected chi connectivity index (χ0v) is 13.4. The number of nitrogens with zero attached hydrogens (tertiary/aromatic N) is 2. The molecule has 0 fully saturated rings. The van der Waals surface area contributed by atoms with E-state index in [1.165, 1.54) is 15.8 Å². The van der Waals surface area contributed by atoms with Crippen LogP contribution in [0.3, 0.4) is 0 Å². The summed E-state index contributed by atoms with van der Waals surface area (Å²) in [6.07, 6.45) is 0.677. The van der Waals surface area contributed by atoms with Crippen molar-refractivity contribution >= 4 is 27.5 Å². The van der Waals surface area contributed by atoms with Crippen LogP contribution in [0.4, 0.5) is 0 Å². The van der Waals surface area contributed by atoms with Crippen LogP contribution in [-0.4, -0.2) is 21.8 Å². The SMILES string of the molecule is NC(=O)C1Cc2ccccc2CN1Cc1nc2ccccc2s1. The van der Waals surface area contributed by atoms with Gasteiger partial charge in [-0.1, -0.05) is 36.4 Å². The summed E-state index contributed by atoms with van der Waals surface area (Å²) in [7, 11) is 0. The number of thiazole rings is 1. The van der Waals surface area contributed by atoms with Gasteiger partial charge in [0.2, 0.25) is 5.91 Å². The number of benzene rings is 2. The lowest BCUT2D eigenvalue weighted by Gasteiger charge is -2.34. The average molecular weight is 323 g/mol. The molecule has 0 bridgehead atoms. The fourth-order valence-corrected chi connectivity index (χ4v) is 4.18. The van der Waals surface area contributed by atoms with Gasteiger partial charge >= 0.3 is 0 Å². The lowest BCUT2D eigenvalue weighted by atomic mass is 9.93. The summed E-state index contributed by atoms with van der Waals surface area (Å²) in [4.78, 5) is 18.7. The monoisotopic (exact) mass is 323 g/mol. The van der Waals surface area contributed by atoms with E-state index in [0.29, 0.717) is 13.0 Å². The van der Waals surface area contributed by atoms with Gasteiger partial charge in [-0.25, -0.2) is 4.98 Å². The van der Waals surface area contributed by atoms with Crippen molar-refractivity contribution in [3.8, 4) is 0 Å². The summed E-state index contributed by atoms with van der Waals surface area (Å²) in [6.45, 7) is 1.39. The third kappa shape index (κ3) is 2.73. The summed E-state index contributed by atoms with van der Waals surface area (Å²) in [6, 6.07) is 16.1. The van der Waals surface area contributed by atoms with Crippen molar-refractivity contribution < 1.29 is 4.79 Å². The van der Waals surface area contributed by atoms with E-state index in [9.17, 15) is 4.79 Å². The van der Waals surface area contributed by atoms with Crippen molar-refractivity contribution in [2.24, 2.45) is 5.73 Å². The van der Waals surface area contributed by atoms with Crippen LogP contribution in [-0.2, 0) is 24.3 Å². The summed E-state index contributed by atoms with van der Waals surface area (Å²) >= 11 is 1.68. The summed E-state index contributed by atoms with van der Waals surface area (Å²) in [5.74, 6) is -0.263. The minimum absolute atomic E-state index is 0.263. The van der Waals surface area contributed by atoms with Crippen molar-refractivity contribution in [1.29, 1.82) is 0 Å². The van der Waals surface area contributed by atoms with Crippen LogP contribution in [0.15, 0.2) is 48.5 Å². The van der Waals surface area contributed by atoms with Crippen molar-refractivity contribution in [2.45, 2.75) is 25.6 Å². The van der Waals surface area contributed by atoms with Crippen LogP contribution in [0.1, 0.15) is 16.1 Å². The first-order valence-corrected chi connectivity index (χ1v) is 8.47. The minimum atomic E-state index is -0.267. The van der Waals surface area contributed by atoms with Crippen molar-refractivity contribution in [2.75, 3.05) is 0 Å². The molecule has 23 heavy (non-hydrogen) atoms. The fourth-order valence-electron chi connectivity index (χ4n) is 3.19. The Morgan fingerprint density at radius 1 is 1.17 bits per heavy atom. The van der Waals surface area contributed by atoms with Gasteiger partial charge < -0.3 is 5.73 Å². The smallest absolute Gasteiger partial charge is 0.235 e. The van der Waals surface area contributed by atoms with Crippen LogP contribution < -0.4 is 5.73 Å². The number of aromatic nitrogens is 1. The van der Waals surface area contributed by atoms with E-state index < -0.39 is 0 Å². The van der Waals surface area contributed by atoms with Gasteiger partial charge in [-0.2, -0.15) is 0 Å². The molecule has 0 saturated heterocycles. The highest BCUT2D eigenvalue weighted by Gasteiger charge is 2.30. The molecule has 0 spiro atoms. The minimum Gasteiger partial charge on any atom is -0.368 e. The van der Waals surface area contributed by atoms with E-state index >= 15 is 0 Å². The topological polar surface area (TPSA) is 59.2 Å². The van der Waals surface area contributed by atoms with Crippen molar-refractivity contribution in [1.82, 2.24) is 9.88 Å². The molecule has 0 radical (unpaired) electrons. The number of hydrogen-bond acceptors (Lipinski definition) is 4. The molecule has 0 aliphatic carbocycles. The van der Waals surface area contributed by atoms with Gasteiger partial charge in [0.1, 0.15) is 5.01 Å². The molecular weight excluding hydrogens is 306 g/mol. The molecule has 2 aromatic carbocycles. The molecule has 0 saturated carbocycles. The Balaban J connectivity index is 1.64. The first kappa shape index (κ1) is 14.4. The number of amides is 1. The van der Waals surface area contributed by atoms with E-state index in [1.807, 2.05) is 30.3 Å². The van der Waals surface area contributed by atoms with Gasteiger partial charge in [-0.15, -0.1) is 11.3 Å². The van der Waals surface area contributed by atoms with Gasteiger partial charge in [-0.3, -0.25) is 9.69 Å². The number of rotatable bonds is 3. The Morgan fingerprint density at radius 3 is 2.70 bits per heavy atom. The molecule has 4 nitrogen and oxygen atoms in total. The normalized spacial score (nSPS) is 18.0. The molecular formula is C18H17N3OS. The molecule has 5 heteroatoms. The van der Waals surface area contributed by atoms with Gasteiger partial charge in [0, 0.05) is 6.54 Å². The molecule has 3 aromatic rings. The zero-order chi connectivity index (χ0) is 15.8. The first-order chi connectivity index (χ1) is 11.2. The number of carbonyl (C=O) groups excluding carboxylic acids is 1. The Labute approximate surface area is 138 Å². The summed E-state index contributed by atoms with van der Waals surface area (Å²) in [5, 5.41) is 1.02. The second kappa shape index (κ2) is 5.76. The second-order valence-electron chi connectivity index (χ2n) is 5.87. The number of nitrogens with two attached hydrogens (primary N) is 1. The van der Waals surface area contributed by atoms with E-state index in [0.717, 1.165) is 17.1 Å². The van der Waals surface area contributed by atoms with Crippen LogP contribution in [0.5, 0.6) is 0 Å². The fraction of sp³-hybridized carbons (Fsp3) is 0.222. The lowest BCUT2D eigenvalue weighted by Crippen LogP contribution is -2.48. The molecule has 1 aliphatic rings. The van der Waals surface area contributed by atoms with Crippen LogP contribution in [0, 0.1) is 0 Å². The van der Waals surface area contributed by atoms with E-state index in [2.05, 4.69) is 28.1 Å². The average Bonchev–Trinajstić information content (AvgIpc) is 2.96. The summed E-state index contributed by atoms with van der Waals surface area (Å²) < 4.78 is 1.18. The third-order valence-electron chi connectivity index (χ3n) is 4.35. The Kier molecular flexibility index (Phi) is 3.59. The quantitative estimate of drug-likeness (QED) is 0.806. The Bertz CT molecular complexity index is 840. The van der Waals surface area contributed by atoms with Gasteiger partial charge in [0.05, 0.1) is 22.8 Å². The van der Waals surface area contributed by atoms with E-state index in [1.54, 1.807) is 11.3 Å². The molecule has 1 atom stereocenters. The van der Waals surface area contributed by atoms with Gasteiger partial charge in [0.25, 0.3) is 0 Å². The van der Waals surface area contributed by atoms with Crippen molar-refractivity contribution in [3.05, 3.63) is 64.7 Å². The predicted octanol–water partition coefficient (Wildman–Crippen LogP) is 2.71. The first-order valence-electron chi connectivity index (χ1n) is 7.65. The van der Waals surface area contributed by atoms with Gasteiger partial charge in [0.15, 0.2) is 0 Å². The molecule has 1 unspecified atom stereocenters. The van der Waals surface area contributed by atoms with Crippen LogP contribution in [0.25, 0.3) is 10.2 Å². The maximum Gasteiger partial charge on any atom is 0.235 e. The maximum atomic E-state index is 11.9. The molecule has 2 heterocycles. The highest BCUT2D eigenvalue weighted by molar-refractivity contribution is 7.18. The molecule has 2 N–H and O–H groups in total. The number of carbonyl (C=O) groups is 1. The molecule has 1 aromatic heterocycles. The highest BCUT2D eigenvalue weighted by Crippen LogP contribution is 2.28. The predicted molar refractivity (Wildman–Crippen MR) is 92.0 cm³/mol. The largest absolute Gasteiger partial charge is 0.368 e. The standard InChI is InChI=1S/C18H17N3OS/c19-18(22)15-9-12-5-1-2-6-13(12)10-21(15)11-17-20-14-7-3-4-8-16(14)23-17/h1-8,15H,9-11H2,(H2,19,22). The number of primary amides is 1. The third-order valence-corrected chi connectivity index (χ3v) is 5.37. The maximum absolute atomic E-state index is 11.9. The van der Waals surface area contributed by atoms with Crippen LogP contribution >= 0.6 is 11.3 Å². The summed E-state index contributed by atoms with van der Waals surface area (Å²) in [5.41, 5.74) is 9.15. The number of fused-ring (bicyclic) bond motifs is 2. The number of para-hydroxylation sites is 1. The van der Waals surface area contributed by atoms with Crippen LogP contribution in [0.2, 0.25) is 0 Å². The van der Waals surface area contributed by atoms with Gasteiger partial charge in [-0.05, 0) is 29.7 Å². The van der Waals surface area contributed by atoms with E-state index in [4.69, 9.17) is 5.73 Å². The Hall–Kier alpha value is -2.24.